The van der Waals surface area contributed by atoms with E-state index in [-0.39, 0.29) is 27.0 Å². The monoisotopic (exact) mass is 483 g/mol. The van der Waals surface area contributed by atoms with Gasteiger partial charge in [0.15, 0.2) is 0 Å². The first-order valence-corrected chi connectivity index (χ1v) is 11.7. The van der Waals surface area contributed by atoms with Gasteiger partial charge in [-0.25, -0.2) is 4.79 Å². The number of ether oxygens (including phenoxy) is 1. The zero-order valence-electron chi connectivity index (χ0n) is 18.8. The van der Waals surface area contributed by atoms with Crippen LogP contribution in [-0.2, 0) is 9.26 Å². The SMILES string of the molecule is CNC(=O)c1cccc(-c2ccc(OPOCC3CC(C)C(n4ccc(=O)[nH]c4=O)O3)cc2)c1. The molecule has 2 aromatic carbocycles. The quantitative estimate of drug-likeness (QED) is 0.376. The Balaban J connectivity index is 1.26. The molecule has 2 heterocycles. The van der Waals surface area contributed by atoms with E-state index in [1.165, 1.54) is 16.8 Å². The summed E-state index contributed by atoms with van der Waals surface area (Å²) in [6.07, 6.45) is 1.56. The number of H-pyrrole nitrogens is 1. The average molecular weight is 483 g/mol. The lowest BCUT2D eigenvalue weighted by atomic mass is 10.0. The zero-order chi connectivity index (χ0) is 24.1. The summed E-state index contributed by atoms with van der Waals surface area (Å²) in [5.74, 6) is 0.636. The molecule has 1 amide bonds. The molecule has 0 saturated carbocycles. The van der Waals surface area contributed by atoms with E-state index in [1.807, 2.05) is 49.4 Å². The van der Waals surface area contributed by atoms with Gasteiger partial charge in [-0.1, -0.05) is 31.2 Å². The Bertz CT molecular complexity index is 1260. The molecule has 34 heavy (non-hydrogen) atoms. The highest BCUT2D eigenvalue weighted by Crippen LogP contribution is 2.34. The Morgan fingerprint density at radius 3 is 2.71 bits per heavy atom. The van der Waals surface area contributed by atoms with E-state index in [9.17, 15) is 14.4 Å². The maximum absolute atomic E-state index is 12.0. The van der Waals surface area contributed by atoms with Crippen molar-refractivity contribution in [2.24, 2.45) is 5.92 Å². The molecular formula is C24H26N3O6P. The minimum absolute atomic E-state index is 0.0934. The molecule has 1 fully saturated rings. The summed E-state index contributed by atoms with van der Waals surface area (Å²) in [5, 5.41) is 2.63. The van der Waals surface area contributed by atoms with Crippen molar-refractivity contribution in [2.75, 3.05) is 13.7 Å². The number of aromatic amines is 1. The van der Waals surface area contributed by atoms with Crippen LogP contribution in [-0.4, -0.2) is 35.2 Å². The molecule has 1 aliphatic heterocycles. The summed E-state index contributed by atoms with van der Waals surface area (Å²) < 4.78 is 18.7. The number of rotatable bonds is 8. The molecule has 4 atom stereocenters. The fraction of sp³-hybridized carbons (Fsp3) is 0.292. The van der Waals surface area contributed by atoms with E-state index < -0.39 is 17.5 Å². The fourth-order valence-corrected chi connectivity index (χ4v) is 4.44. The lowest BCUT2D eigenvalue weighted by molar-refractivity contribution is -0.0285. The third-order valence-corrected chi connectivity index (χ3v) is 6.21. The molecule has 0 radical (unpaired) electrons. The molecule has 4 unspecified atom stereocenters. The topological polar surface area (TPSA) is 112 Å². The molecule has 178 valence electrons. The number of carbonyl (C=O) groups excluding carboxylic acids is 1. The van der Waals surface area contributed by atoms with E-state index in [0.29, 0.717) is 17.9 Å². The van der Waals surface area contributed by atoms with Crippen molar-refractivity contribution in [3.05, 3.63) is 87.2 Å². The number of hydrogen-bond acceptors (Lipinski definition) is 6. The second kappa shape index (κ2) is 10.8. The van der Waals surface area contributed by atoms with Crippen LogP contribution in [0, 0.1) is 5.92 Å². The standard InChI is InChI=1S/C24H26N3O6P/c1-15-12-20(32-23(15)27-11-10-21(28)26-24(27)30)14-31-34-33-19-8-6-16(7-9-19)17-4-3-5-18(13-17)22(29)25-2/h3-11,13,15,20,23,34H,12,14H2,1-2H3,(H,25,29)(H,26,28,30). The van der Waals surface area contributed by atoms with E-state index >= 15 is 0 Å². The van der Waals surface area contributed by atoms with Gasteiger partial charge in [0.1, 0.15) is 12.0 Å². The van der Waals surface area contributed by atoms with Gasteiger partial charge < -0.3 is 19.1 Å². The Morgan fingerprint density at radius 1 is 1.18 bits per heavy atom. The van der Waals surface area contributed by atoms with Crippen molar-refractivity contribution < 1.29 is 18.6 Å². The van der Waals surface area contributed by atoms with Crippen LogP contribution in [0.1, 0.15) is 29.9 Å². The maximum atomic E-state index is 12.0. The normalized spacial score (nSPS) is 20.0. The molecule has 2 N–H and O–H groups in total. The molecule has 3 aromatic rings. The lowest BCUT2D eigenvalue weighted by Crippen LogP contribution is -2.33. The van der Waals surface area contributed by atoms with Crippen LogP contribution in [0.15, 0.2) is 70.4 Å². The highest BCUT2D eigenvalue weighted by Gasteiger charge is 2.34. The molecular weight excluding hydrogens is 457 g/mol. The maximum Gasteiger partial charge on any atom is 0.330 e. The van der Waals surface area contributed by atoms with Crippen molar-refractivity contribution in [1.82, 2.24) is 14.9 Å². The predicted molar refractivity (Wildman–Crippen MR) is 129 cm³/mol. The van der Waals surface area contributed by atoms with Crippen LogP contribution in [0.4, 0.5) is 0 Å². The van der Waals surface area contributed by atoms with Gasteiger partial charge >= 0.3 is 5.69 Å². The van der Waals surface area contributed by atoms with Crippen LogP contribution in [0.3, 0.4) is 0 Å². The molecule has 0 aliphatic carbocycles. The second-order valence-electron chi connectivity index (χ2n) is 8.06. The Labute approximate surface area is 198 Å². The van der Waals surface area contributed by atoms with Crippen LogP contribution in [0.5, 0.6) is 5.75 Å². The first kappa shape index (κ1) is 23.9. The van der Waals surface area contributed by atoms with E-state index in [0.717, 1.165) is 17.5 Å². The summed E-state index contributed by atoms with van der Waals surface area (Å²) in [7, 11) is 1.40. The third kappa shape index (κ3) is 5.62. The molecule has 0 spiro atoms. The molecule has 0 bridgehead atoms. The van der Waals surface area contributed by atoms with E-state index in [2.05, 4.69) is 10.3 Å². The van der Waals surface area contributed by atoms with Crippen molar-refractivity contribution in [1.29, 1.82) is 0 Å². The van der Waals surface area contributed by atoms with E-state index in [1.54, 1.807) is 13.1 Å². The average Bonchev–Trinajstić information content (AvgIpc) is 3.21. The first-order chi connectivity index (χ1) is 16.4. The van der Waals surface area contributed by atoms with Crippen LogP contribution < -0.4 is 21.1 Å². The number of nitrogens with zero attached hydrogens (tertiary/aromatic N) is 1. The number of amides is 1. The second-order valence-corrected chi connectivity index (χ2v) is 8.72. The molecule has 1 saturated heterocycles. The molecule has 1 aromatic heterocycles. The van der Waals surface area contributed by atoms with Crippen molar-refractivity contribution in [2.45, 2.75) is 25.7 Å². The number of carbonyl (C=O) groups is 1. The van der Waals surface area contributed by atoms with Gasteiger partial charge in [0, 0.05) is 30.8 Å². The first-order valence-electron chi connectivity index (χ1n) is 10.9. The lowest BCUT2D eigenvalue weighted by Gasteiger charge is -2.17. The highest BCUT2D eigenvalue weighted by molar-refractivity contribution is 7.26. The summed E-state index contributed by atoms with van der Waals surface area (Å²) in [5.41, 5.74) is 1.59. The van der Waals surface area contributed by atoms with Gasteiger partial charge in [0.2, 0.25) is 9.03 Å². The number of nitrogens with one attached hydrogen (secondary N) is 2. The van der Waals surface area contributed by atoms with Gasteiger partial charge in [0.25, 0.3) is 11.5 Å². The summed E-state index contributed by atoms with van der Waals surface area (Å²) in [6.45, 7) is 2.33. The summed E-state index contributed by atoms with van der Waals surface area (Å²) in [6, 6.07) is 16.3. The predicted octanol–water partition coefficient (Wildman–Crippen LogP) is 3.09. The number of aromatic nitrogens is 2. The molecule has 10 heteroatoms. The number of benzene rings is 2. The Morgan fingerprint density at radius 2 is 1.97 bits per heavy atom. The Kier molecular flexibility index (Phi) is 7.57. The smallest absolute Gasteiger partial charge is 0.330 e. The van der Waals surface area contributed by atoms with Crippen molar-refractivity contribution in [3.63, 3.8) is 0 Å². The Hall–Kier alpha value is -3.26. The molecule has 9 nitrogen and oxygen atoms in total. The van der Waals surface area contributed by atoms with Gasteiger partial charge in [-0.05, 0) is 41.8 Å². The minimum Gasteiger partial charge on any atom is -0.450 e. The van der Waals surface area contributed by atoms with Crippen molar-refractivity contribution >= 4 is 14.9 Å². The van der Waals surface area contributed by atoms with Crippen molar-refractivity contribution in [3.8, 4) is 16.9 Å². The fourth-order valence-electron chi connectivity index (χ4n) is 3.90. The van der Waals surface area contributed by atoms with Crippen LogP contribution >= 0.6 is 9.03 Å². The van der Waals surface area contributed by atoms with E-state index in [4.69, 9.17) is 13.8 Å². The van der Waals surface area contributed by atoms with Crippen LogP contribution in [0.2, 0.25) is 0 Å². The third-order valence-electron chi connectivity index (χ3n) is 5.61. The van der Waals surface area contributed by atoms with Gasteiger partial charge in [-0.2, -0.15) is 0 Å². The summed E-state index contributed by atoms with van der Waals surface area (Å²) >= 11 is 0. The summed E-state index contributed by atoms with van der Waals surface area (Å²) in [4.78, 5) is 37.4. The molecule has 4 rings (SSSR count). The molecule has 1 aliphatic rings. The highest BCUT2D eigenvalue weighted by atomic mass is 31.1. The largest absolute Gasteiger partial charge is 0.450 e. The van der Waals surface area contributed by atoms with Gasteiger partial charge in [-0.3, -0.25) is 19.1 Å². The number of hydrogen-bond donors (Lipinski definition) is 2. The van der Waals surface area contributed by atoms with Gasteiger partial charge in [0.05, 0.1) is 12.7 Å². The zero-order valence-corrected chi connectivity index (χ0v) is 19.8. The minimum atomic E-state index is -0.486. The van der Waals surface area contributed by atoms with Gasteiger partial charge in [-0.15, -0.1) is 0 Å². The van der Waals surface area contributed by atoms with Crippen LogP contribution in [0.25, 0.3) is 11.1 Å².